The number of aromatic amines is 1. The number of carbonyl (C=O) groups is 1. The van der Waals surface area contributed by atoms with Gasteiger partial charge in [0, 0.05) is 27.0 Å². The van der Waals surface area contributed by atoms with Crippen molar-refractivity contribution in [3.05, 3.63) is 86.7 Å². The minimum absolute atomic E-state index is 0.0385. The number of rotatable bonds is 7. The number of fused-ring (bicyclic) bond motifs is 1. The standard InChI is InChI=1S/C24H20ClFN4O3S2/c1-3-4-20(14(2)25)35(32,33)30-17-7-5-15(6-8-17)18-9-10-19-22(21(18)26)28-29-23(19)27-24(31)16-11-12-34-13-16/h3-13,30H,1-2H3,(H2,27,28,29,31)/b4-3-,20-14-. The molecule has 2 aromatic heterocycles. The van der Waals surface area contributed by atoms with Crippen LogP contribution < -0.4 is 10.0 Å². The molecule has 7 nitrogen and oxygen atoms in total. The maximum atomic E-state index is 15.3. The minimum Gasteiger partial charge on any atom is -0.305 e. The van der Waals surface area contributed by atoms with Crippen molar-refractivity contribution in [2.24, 2.45) is 0 Å². The Balaban J connectivity index is 1.59. The molecule has 0 aliphatic heterocycles. The van der Waals surface area contributed by atoms with Crippen LogP contribution >= 0.6 is 22.9 Å². The van der Waals surface area contributed by atoms with Crippen LogP contribution in [-0.4, -0.2) is 24.5 Å². The van der Waals surface area contributed by atoms with Gasteiger partial charge < -0.3 is 5.32 Å². The molecule has 0 atom stereocenters. The number of sulfonamides is 1. The molecular formula is C24H20ClFN4O3S2. The third kappa shape index (κ3) is 5.14. The molecule has 11 heteroatoms. The van der Waals surface area contributed by atoms with E-state index in [-0.39, 0.29) is 32.7 Å². The summed E-state index contributed by atoms with van der Waals surface area (Å²) in [6, 6.07) is 11.2. The number of hydrogen-bond donors (Lipinski definition) is 3. The summed E-state index contributed by atoms with van der Waals surface area (Å²) in [5.74, 6) is -0.652. The highest BCUT2D eigenvalue weighted by Crippen LogP contribution is 2.32. The van der Waals surface area contributed by atoms with Crippen molar-refractivity contribution in [3.63, 3.8) is 0 Å². The van der Waals surface area contributed by atoms with Crippen molar-refractivity contribution in [1.82, 2.24) is 10.2 Å². The first kappa shape index (κ1) is 24.6. The summed E-state index contributed by atoms with van der Waals surface area (Å²) in [5, 5.41) is 13.4. The Morgan fingerprint density at radius 3 is 2.54 bits per heavy atom. The van der Waals surface area contributed by atoms with Crippen molar-refractivity contribution >= 4 is 61.3 Å². The SMILES string of the molecule is C/C=C\C(=C(/C)Cl)S(=O)(=O)Nc1ccc(-c2ccc3c(NC(=O)c4ccsc4)n[nH]c3c2F)cc1. The van der Waals surface area contributed by atoms with E-state index < -0.39 is 15.8 Å². The number of aromatic nitrogens is 2. The van der Waals surface area contributed by atoms with Crippen LogP contribution in [0.2, 0.25) is 0 Å². The third-order valence-corrected chi connectivity index (χ3v) is 7.61. The normalized spacial score (nSPS) is 12.7. The van der Waals surface area contributed by atoms with E-state index in [2.05, 4.69) is 20.2 Å². The molecule has 2 heterocycles. The molecule has 1 amide bonds. The number of H-pyrrole nitrogens is 1. The number of thiophene rings is 1. The molecule has 4 rings (SSSR count). The fourth-order valence-electron chi connectivity index (χ4n) is 3.42. The minimum atomic E-state index is -3.89. The van der Waals surface area contributed by atoms with E-state index >= 15 is 4.39 Å². The summed E-state index contributed by atoms with van der Waals surface area (Å²) < 4.78 is 43.0. The molecule has 3 N–H and O–H groups in total. The number of halogens is 2. The van der Waals surface area contributed by atoms with Crippen LogP contribution in [0.5, 0.6) is 0 Å². The molecule has 0 unspecified atom stereocenters. The Hall–Kier alpha value is -3.47. The number of allylic oxidation sites excluding steroid dienone is 3. The van der Waals surface area contributed by atoms with Gasteiger partial charge >= 0.3 is 0 Å². The second kappa shape index (κ2) is 10.0. The number of anilines is 2. The lowest BCUT2D eigenvalue weighted by Gasteiger charge is -2.11. The van der Waals surface area contributed by atoms with Crippen LogP contribution in [0.3, 0.4) is 0 Å². The van der Waals surface area contributed by atoms with Gasteiger partial charge in [-0.15, -0.1) is 0 Å². The van der Waals surface area contributed by atoms with Gasteiger partial charge in [-0.3, -0.25) is 14.6 Å². The van der Waals surface area contributed by atoms with Crippen LogP contribution in [0, 0.1) is 5.82 Å². The van der Waals surface area contributed by atoms with Gasteiger partial charge in [0.2, 0.25) is 0 Å². The number of carbonyl (C=O) groups excluding carboxylic acids is 1. The highest BCUT2D eigenvalue weighted by molar-refractivity contribution is 7.96. The van der Waals surface area contributed by atoms with Crippen LogP contribution in [0.25, 0.3) is 22.0 Å². The van der Waals surface area contributed by atoms with Crippen molar-refractivity contribution < 1.29 is 17.6 Å². The summed E-state index contributed by atoms with van der Waals surface area (Å²) in [6.07, 6.45) is 2.99. The van der Waals surface area contributed by atoms with Gasteiger partial charge in [0.05, 0.1) is 5.56 Å². The molecular weight excluding hydrogens is 511 g/mol. The molecule has 2 aromatic carbocycles. The molecule has 180 valence electrons. The molecule has 0 aliphatic rings. The quantitative estimate of drug-likeness (QED) is 0.238. The molecule has 0 saturated carbocycles. The molecule has 4 aromatic rings. The average Bonchev–Trinajstić information content (AvgIpc) is 3.49. The fraction of sp³-hybridized carbons (Fsp3) is 0.0833. The van der Waals surface area contributed by atoms with E-state index in [0.29, 0.717) is 22.2 Å². The predicted octanol–water partition coefficient (Wildman–Crippen LogP) is 6.47. The Kier molecular flexibility index (Phi) is 7.06. The second-order valence-corrected chi connectivity index (χ2v) is 10.5. The lowest BCUT2D eigenvalue weighted by atomic mass is 10.0. The summed E-state index contributed by atoms with van der Waals surface area (Å²) >= 11 is 7.33. The molecule has 0 spiro atoms. The van der Waals surface area contributed by atoms with Crippen molar-refractivity contribution in [1.29, 1.82) is 0 Å². The van der Waals surface area contributed by atoms with Gasteiger partial charge in [0.15, 0.2) is 11.6 Å². The van der Waals surface area contributed by atoms with Crippen LogP contribution in [0.1, 0.15) is 24.2 Å². The number of benzene rings is 2. The number of nitrogens with zero attached hydrogens (tertiary/aromatic N) is 1. The Bertz CT molecular complexity index is 1550. The lowest BCUT2D eigenvalue weighted by molar-refractivity contribution is 0.102. The average molecular weight is 531 g/mol. The first-order valence-electron chi connectivity index (χ1n) is 10.3. The Labute approximate surface area is 210 Å². The maximum Gasteiger partial charge on any atom is 0.263 e. The molecule has 0 saturated heterocycles. The Morgan fingerprint density at radius 2 is 1.91 bits per heavy atom. The molecule has 0 fully saturated rings. The largest absolute Gasteiger partial charge is 0.305 e. The number of amides is 1. The van der Waals surface area contributed by atoms with Gasteiger partial charge in [-0.1, -0.05) is 35.9 Å². The van der Waals surface area contributed by atoms with E-state index in [1.54, 1.807) is 54.1 Å². The zero-order valence-corrected chi connectivity index (χ0v) is 21.0. The zero-order valence-electron chi connectivity index (χ0n) is 18.6. The summed E-state index contributed by atoms with van der Waals surface area (Å²) in [7, 11) is -3.89. The topological polar surface area (TPSA) is 104 Å². The van der Waals surface area contributed by atoms with Gasteiger partial charge in [-0.2, -0.15) is 16.4 Å². The van der Waals surface area contributed by atoms with Crippen molar-refractivity contribution in [2.45, 2.75) is 13.8 Å². The summed E-state index contributed by atoms with van der Waals surface area (Å²) in [4.78, 5) is 12.3. The van der Waals surface area contributed by atoms with Crippen molar-refractivity contribution in [2.75, 3.05) is 10.0 Å². The van der Waals surface area contributed by atoms with Crippen LogP contribution in [0.4, 0.5) is 15.9 Å². The Morgan fingerprint density at radius 1 is 1.17 bits per heavy atom. The highest BCUT2D eigenvalue weighted by Gasteiger charge is 2.19. The van der Waals surface area contributed by atoms with Crippen LogP contribution in [-0.2, 0) is 10.0 Å². The third-order valence-electron chi connectivity index (χ3n) is 5.09. The molecule has 0 bridgehead atoms. The van der Waals surface area contributed by atoms with Gasteiger partial charge in [-0.05, 0) is 55.1 Å². The maximum absolute atomic E-state index is 15.3. The zero-order chi connectivity index (χ0) is 25.2. The fourth-order valence-corrected chi connectivity index (χ4v) is 5.66. The summed E-state index contributed by atoms with van der Waals surface area (Å²) in [5.41, 5.74) is 1.76. The highest BCUT2D eigenvalue weighted by atomic mass is 35.5. The van der Waals surface area contributed by atoms with E-state index in [1.807, 2.05) is 0 Å². The van der Waals surface area contributed by atoms with Gasteiger partial charge in [-0.25, -0.2) is 12.8 Å². The van der Waals surface area contributed by atoms with Gasteiger partial charge in [0.1, 0.15) is 10.4 Å². The molecule has 0 aliphatic carbocycles. The molecule has 0 radical (unpaired) electrons. The lowest BCUT2D eigenvalue weighted by Crippen LogP contribution is -2.14. The number of hydrogen-bond acceptors (Lipinski definition) is 5. The van der Waals surface area contributed by atoms with Crippen LogP contribution in [0.15, 0.2) is 75.3 Å². The molecule has 35 heavy (non-hydrogen) atoms. The van der Waals surface area contributed by atoms with E-state index in [9.17, 15) is 13.2 Å². The van der Waals surface area contributed by atoms with E-state index in [4.69, 9.17) is 11.6 Å². The second-order valence-electron chi connectivity index (χ2n) is 7.47. The van der Waals surface area contributed by atoms with Gasteiger partial charge in [0.25, 0.3) is 15.9 Å². The summed E-state index contributed by atoms with van der Waals surface area (Å²) in [6.45, 7) is 3.18. The monoisotopic (exact) mass is 530 g/mol. The first-order chi connectivity index (χ1) is 16.7. The number of nitrogens with one attached hydrogen (secondary N) is 3. The van der Waals surface area contributed by atoms with E-state index in [0.717, 1.165) is 0 Å². The first-order valence-corrected chi connectivity index (χ1v) is 13.1. The van der Waals surface area contributed by atoms with E-state index in [1.165, 1.54) is 36.5 Å². The smallest absolute Gasteiger partial charge is 0.263 e. The predicted molar refractivity (Wildman–Crippen MR) is 140 cm³/mol. The van der Waals surface area contributed by atoms with Crippen molar-refractivity contribution in [3.8, 4) is 11.1 Å².